The Bertz CT molecular complexity index is 642. The predicted molar refractivity (Wildman–Crippen MR) is 78.2 cm³/mol. The van der Waals surface area contributed by atoms with E-state index in [-0.39, 0.29) is 5.56 Å². The standard InChI is InChI=1S/C16H17NO4/c1-20-12-8-9-14(21-2)13(10-12)16(19,15(17)18)11-6-4-3-5-7-11/h3-10,19H,1-2H3,(H2,17,18). The van der Waals surface area contributed by atoms with Crippen LogP contribution in [0.3, 0.4) is 0 Å². The molecule has 0 aromatic heterocycles. The highest BCUT2D eigenvalue weighted by atomic mass is 16.5. The molecule has 5 nitrogen and oxygen atoms in total. The average Bonchev–Trinajstić information content (AvgIpc) is 2.54. The van der Waals surface area contributed by atoms with Crippen molar-refractivity contribution in [1.29, 1.82) is 0 Å². The fourth-order valence-corrected chi connectivity index (χ4v) is 2.21. The van der Waals surface area contributed by atoms with Crippen molar-refractivity contribution in [3.05, 3.63) is 59.7 Å². The van der Waals surface area contributed by atoms with Gasteiger partial charge < -0.3 is 20.3 Å². The minimum atomic E-state index is -2.00. The molecule has 0 heterocycles. The minimum Gasteiger partial charge on any atom is -0.497 e. The Morgan fingerprint density at radius 1 is 1.10 bits per heavy atom. The van der Waals surface area contributed by atoms with E-state index in [1.165, 1.54) is 20.3 Å². The maximum Gasteiger partial charge on any atom is 0.258 e. The van der Waals surface area contributed by atoms with Gasteiger partial charge in [0.1, 0.15) is 11.5 Å². The molecule has 2 aromatic carbocycles. The molecule has 0 saturated heterocycles. The SMILES string of the molecule is COc1ccc(OC)c(C(O)(C(N)=O)c2ccccc2)c1. The lowest BCUT2D eigenvalue weighted by Crippen LogP contribution is -2.42. The first-order valence-corrected chi connectivity index (χ1v) is 6.34. The van der Waals surface area contributed by atoms with Gasteiger partial charge in [-0.05, 0) is 23.8 Å². The molecule has 0 aliphatic carbocycles. The second-order valence-electron chi connectivity index (χ2n) is 4.51. The van der Waals surface area contributed by atoms with E-state index in [9.17, 15) is 9.90 Å². The Kier molecular flexibility index (Phi) is 4.14. The van der Waals surface area contributed by atoms with Gasteiger partial charge in [0, 0.05) is 5.56 Å². The van der Waals surface area contributed by atoms with Crippen LogP contribution in [0.4, 0.5) is 0 Å². The Morgan fingerprint density at radius 2 is 1.76 bits per heavy atom. The summed E-state index contributed by atoms with van der Waals surface area (Å²) in [5.74, 6) is -0.0531. The lowest BCUT2D eigenvalue weighted by molar-refractivity contribution is -0.133. The van der Waals surface area contributed by atoms with Crippen LogP contribution in [0, 0.1) is 0 Å². The van der Waals surface area contributed by atoms with Gasteiger partial charge in [-0.2, -0.15) is 0 Å². The third-order valence-corrected chi connectivity index (χ3v) is 3.34. The van der Waals surface area contributed by atoms with Gasteiger partial charge >= 0.3 is 0 Å². The van der Waals surface area contributed by atoms with Gasteiger partial charge in [0.15, 0.2) is 5.60 Å². The second-order valence-corrected chi connectivity index (χ2v) is 4.51. The molecule has 0 bridgehead atoms. The third-order valence-electron chi connectivity index (χ3n) is 3.34. The number of methoxy groups -OCH3 is 2. The lowest BCUT2D eigenvalue weighted by Gasteiger charge is -2.27. The predicted octanol–water partition coefficient (Wildman–Crippen LogP) is 1.43. The highest BCUT2D eigenvalue weighted by Gasteiger charge is 2.40. The fraction of sp³-hybridized carbons (Fsp3) is 0.188. The quantitative estimate of drug-likeness (QED) is 0.871. The molecule has 1 amide bonds. The number of carbonyl (C=O) groups is 1. The first-order valence-electron chi connectivity index (χ1n) is 6.34. The average molecular weight is 287 g/mol. The second kappa shape index (κ2) is 5.85. The van der Waals surface area contributed by atoms with Crippen molar-refractivity contribution in [3.63, 3.8) is 0 Å². The number of primary amides is 1. The smallest absolute Gasteiger partial charge is 0.258 e. The van der Waals surface area contributed by atoms with Crippen LogP contribution >= 0.6 is 0 Å². The molecule has 1 unspecified atom stereocenters. The minimum absolute atomic E-state index is 0.239. The zero-order valence-electron chi connectivity index (χ0n) is 11.9. The zero-order valence-corrected chi connectivity index (χ0v) is 11.9. The van der Waals surface area contributed by atoms with Crippen LogP contribution < -0.4 is 15.2 Å². The van der Waals surface area contributed by atoms with Crippen LogP contribution in [-0.4, -0.2) is 25.2 Å². The van der Waals surface area contributed by atoms with Crippen LogP contribution in [0.15, 0.2) is 48.5 Å². The van der Waals surface area contributed by atoms with Crippen molar-refractivity contribution < 1.29 is 19.4 Å². The van der Waals surface area contributed by atoms with Crippen LogP contribution in [0.25, 0.3) is 0 Å². The fourth-order valence-electron chi connectivity index (χ4n) is 2.21. The molecule has 0 fully saturated rings. The molecule has 21 heavy (non-hydrogen) atoms. The van der Waals surface area contributed by atoms with E-state index in [0.717, 1.165) is 0 Å². The Balaban J connectivity index is 2.71. The molecule has 1 atom stereocenters. The molecule has 0 aliphatic heterocycles. The summed E-state index contributed by atoms with van der Waals surface area (Å²) in [6, 6.07) is 13.3. The molecule has 0 saturated carbocycles. The van der Waals surface area contributed by atoms with Crippen molar-refractivity contribution in [2.75, 3.05) is 14.2 Å². The number of carbonyl (C=O) groups excluding carboxylic acids is 1. The van der Waals surface area contributed by atoms with Gasteiger partial charge in [-0.25, -0.2) is 0 Å². The van der Waals surface area contributed by atoms with E-state index in [1.807, 2.05) is 0 Å². The van der Waals surface area contributed by atoms with Crippen molar-refractivity contribution in [1.82, 2.24) is 0 Å². The van der Waals surface area contributed by atoms with Gasteiger partial charge in [-0.15, -0.1) is 0 Å². The summed E-state index contributed by atoms with van der Waals surface area (Å²) in [6.07, 6.45) is 0. The molecule has 0 spiro atoms. The van der Waals surface area contributed by atoms with E-state index < -0.39 is 11.5 Å². The molecule has 5 heteroatoms. The molecular formula is C16H17NO4. The van der Waals surface area contributed by atoms with E-state index in [0.29, 0.717) is 17.1 Å². The number of amides is 1. The number of aliphatic hydroxyl groups is 1. The molecular weight excluding hydrogens is 270 g/mol. The highest BCUT2D eigenvalue weighted by Crippen LogP contribution is 2.37. The van der Waals surface area contributed by atoms with Crippen molar-refractivity contribution >= 4 is 5.91 Å². The maximum absolute atomic E-state index is 12.0. The summed E-state index contributed by atoms with van der Waals surface area (Å²) in [6.45, 7) is 0. The van der Waals surface area contributed by atoms with E-state index in [2.05, 4.69) is 0 Å². The van der Waals surface area contributed by atoms with Crippen molar-refractivity contribution in [3.8, 4) is 11.5 Å². The number of rotatable bonds is 5. The number of benzene rings is 2. The zero-order chi connectivity index (χ0) is 15.5. The topological polar surface area (TPSA) is 81.8 Å². The van der Waals surface area contributed by atoms with Gasteiger partial charge in [0.05, 0.1) is 14.2 Å². The van der Waals surface area contributed by atoms with Crippen LogP contribution in [0.1, 0.15) is 11.1 Å². The Hall–Kier alpha value is -2.53. The number of hydrogen-bond acceptors (Lipinski definition) is 4. The number of hydrogen-bond donors (Lipinski definition) is 2. The largest absolute Gasteiger partial charge is 0.497 e. The first kappa shape index (κ1) is 14.9. The van der Waals surface area contributed by atoms with Crippen LogP contribution in [0.2, 0.25) is 0 Å². The highest BCUT2D eigenvalue weighted by molar-refractivity contribution is 5.89. The third kappa shape index (κ3) is 2.55. The van der Waals surface area contributed by atoms with Gasteiger partial charge in [0.25, 0.3) is 5.91 Å². The first-order chi connectivity index (χ1) is 10.0. The Morgan fingerprint density at radius 3 is 2.29 bits per heavy atom. The maximum atomic E-state index is 12.0. The molecule has 2 aromatic rings. The van der Waals surface area contributed by atoms with E-state index >= 15 is 0 Å². The van der Waals surface area contributed by atoms with Gasteiger partial charge in [0.2, 0.25) is 0 Å². The van der Waals surface area contributed by atoms with Crippen LogP contribution in [0.5, 0.6) is 11.5 Å². The van der Waals surface area contributed by atoms with E-state index in [4.69, 9.17) is 15.2 Å². The summed E-state index contributed by atoms with van der Waals surface area (Å²) in [4.78, 5) is 12.0. The molecule has 3 N–H and O–H groups in total. The number of ether oxygens (including phenoxy) is 2. The van der Waals surface area contributed by atoms with Crippen molar-refractivity contribution in [2.24, 2.45) is 5.73 Å². The summed E-state index contributed by atoms with van der Waals surface area (Å²) in [5.41, 5.74) is 4.07. The monoisotopic (exact) mass is 287 g/mol. The van der Waals surface area contributed by atoms with Crippen LogP contribution in [-0.2, 0) is 10.4 Å². The molecule has 110 valence electrons. The molecule has 2 rings (SSSR count). The normalized spacial score (nSPS) is 13.3. The molecule has 0 aliphatic rings. The summed E-state index contributed by atoms with van der Waals surface area (Å²) < 4.78 is 10.4. The Labute approximate surface area is 122 Å². The van der Waals surface area contributed by atoms with Crippen molar-refractivity contribution in [2.45, 2.75) is 5.60 Å². The summed E-state index contributed by atoms with van der Waals surface area (Å²) in [7, 11) is 2.95. The van der Waals surface area contributed by atoms with Gasteiger partial charge in [-0.1, -0.05) is 30.3 Å². The molecule has 0 radical (unpaired) electrons. The van der Waals surface area contributed by atoms with Gasteiger partial charge in [-0.3, -0.25) is 4.79 Å². The van der Waals surface area contributed by atoms with E-state index in [1.54, 1.807) is 42.5 Å². The summed E-state index contributed by atoms with van der Waals surface area (Å²) in [5, 5.41) is 11.0. The summed E-state index contributed by atoms with van der Waals surface area (Å²) >= 11 is 0. The number of nitrogens with two attached hydrogens (primary N) is 1. The lowest BCUT2D eigenvalue weighted by atomic mass is 9.85.